The molecule has 0 radical (unpaired) electrons. The minimum absolute atomic E-state index is 0.0572. The predicted octanol–water partition coefficient (Wildman–Crippen LogP) is 1.21. The summed E-state index contributed by atoms with van der Waals surface area (Å²) in [6, 6.07) is 7.56. The van der Waals surface area contributed by atoms with Crippen molar-refractivity contribution in [2.45, 2.75) is 49.0 Å². The maximum atomic E-state index is 13.2. The lowest BCUT2D eigenvalue weighted by Gasteiger charge is -2.44. The van der Waals surface area contributed by atoms with Gasteiger partial charge in [0.15, 0.2) is 0 Å². The van der Waals surface area contributed by atoms with Crippen LogP contribution >= 0.6 is 11.8 Å². The van der Waals surface area contributed by atoms with Crippen LogP contribution in [0.4, 0.5) is 4.79 Å². The fourth-order valence-electron chi connectivity index (χ4n) is 4.19. The van der Waals surface area contributed by atoms with Crippen molar-refractivity contribution in [1.29, 1.82) is 0 Å². The average molecular weight is 432 g/mol. The minimum atomic E-state index is -0.858. The summed E-state index contributed by atoms with van der Waals surface area (Å²) in [6.45, 7) is 8.22. The molecule has 0 bridgehead atoms. The highest BCUT2D eigenvalue weighted by Gasteiger charge is 2.60. The van der Waals surface area contributed by atoms with Crippen LogP contribution in [0.1, 0.15) is 32.4 Å². The highest BCUT2D eigenvalue weighted by Crippen LogP contribution is 2.50. The summed E-state index contributed by atoms with van der Waals surface area (Å²) in [7, 11) is 1.95. The lowest BCUT2D eigenvalue weighted by Crippen LogP contribution is -2.69. The standard InChI is InChI=1S/C21H29N5O3S/c1-13-21(2,3)30-19-16(18(28)26(13)19)22-17(27)15(14-8-6-5-7-9-14)23-20(29)25-11-10-24(4)12-25/h5-9,13,15-16,19H,10-12H2,1-4H3,(H,22,27)(H,23,29). The van der Waals surface area contributed by atoms with E-state index in [1.807, 2.05) is 54.1 Å². The zero-order valence-corrected chi connectivity index (χ0v) is 18.6. The summed E-state index contributed by atoms with van der Waals surface area (Å²) in [5.41, 5.74) is 0.687. The third-order valence-corrected chi connectivity index (χ3v) is 8.03. The number of hydrogen-bond donors (Lipinski definition) is 2. The van der Waals surface area contributed by atoms with E-state index in [4.69, 9.17) is 0 Å². The van der Waals surface area contributed by atoms with E-state index in [9.17, 15) is 14.4 Å². The van der Waals surface area contributed by atoms with Crippen molar-refractivity contribution in [3.05, 3.63) is 35.9 Å². The van der Waals surface area contributed by atoms with E-state index in [1.54, 1.807) is 16.7 Å². The van der Waals surface area contributed by atoms with E-state index >= 15 is 0 Å². The van der Waals surface area contributed by atoms with E-state index < -0.39 is 12.1 Å². The number of rotatable bonds is 4. The normalized spacial score (nSPS) is 28.7. The van der Waals surface area contributed by atoms with Gasteiger partial charge in [0.25, 0.3) is 0 Å². The largest absolute Gasteiger partial charge is 0.340 e. The van der Waals surface area contributed by atoms with Crippen molar-refractivity contribution in [1.82, 2.24) is 25.3 Å². The molecule has 1 aromatic carbocycles. The smallest absolute Gasteiger partial charge is 0.319 e. The molecule has 2 N–H and O–H groups in total. The average Bonchev–Trinajstić information content (AvgIpc) is 3.24. The number of carbonyl (C=O) groups excluding carboxylic acids is 3. The Bertz CT molecular complexity index is 848. The van der Waals surface area contributed by atoms with Gasteiger partial charge in [-0.15, -0.1) is 11.8 Å². The zero-order valence-electron chi connectivity index (χ0n) is 17.8. The SMILES string of the molecule is CC1N2C(=O)C(NC(=O)C(NC(=O)N3CCN(C)C3)c3ccccc3)C2SC1(C)C. The Hall–Kier alpha value is -2.26. The Morgan fingerprint density at radius 3 is 2.53 bits per heavy atom. The fraction of sp³-hybridized carbons (Fsp3) is 0.571. The van der Waals surface area contributed by atoms with Crippen LogP contribution in [-0.4, -0.2) is 81.6 Å². The van der Waals surface area contributed by atoms with Crippen molar-refractivity contribution >= 4 is 29.6 Å². The number of benzene rings is 1. The van der Waals surface area contributed by atoms with E-state index in [-0.39, 0.29) is 34.0 Å². The molecule has 3 aliphatic rings. The molecule has 4 rings (SSSR count). The van der Waals surface area contributed by atoms with Gasteiger partial charge in [0.1, 0.15) is 17.5 Å². The Kier molecular flexibility index (Phi) is 5.44. The molecule has 9 heteroatoms. The van der Waals surface area contributed by atoms with Crippen LogP contribution in [0.25, 0.3) is 0 Å². The molecule has 3 saturated heterocycles. The molecule has 0 aromatic heterocycles. The summed E-state index contributed by atoms with van der Waals surface area (Å²) in [6.07, 6.45) is 0. The van der Waals surface area contributed by atoms with Crippen molar-refractivity contribution in [2.24, 2.45) is 0 Å². The van der Waals surface area contributed by atoms with Gasteiger partial charge in [-0.2, -0.15) is 0 Å². The zero-order chi connectivity index (χ0) is 21.6. The fourth-order valence-corrected chi connectivity index (χ4v) is 5.84. The number of β-lactam (4-membered cyclic amide) rings is 1. The molecule has 8 nitrogen and oxygen atoms in total. The lowest BCUT2D eigenvalue weighted by molar-refractivity contribution is -0.151. The van der Waals surface area contributed by atoms with E-state index in [0.29, 0.717) is 18.8 Å². The van der Waals surface area contributed by atoms with Gasteiger partial charge in [0, 0.05) is 23.9 Å². The van der Waals surface area contributed by atoms with Gasteiger partial charge in [0.2, 0.25) is 11.8 Å². The second-order valence-electron chi connectivity index (χ2n) is 8.80. The number of likely N-dealkylation sites (N-methyl/N-ethyl adjacent to an activating group) is 1. The molecule has 4 amide bonds. The number of thioether (sulfide) groups is 1. The molecular weight excluding hydrogens is 402 g/mol. The van der Waals surface area contributed by atoms with Crippen LogP contribution in [0.5, 0.6) is 0 Å². The number of nitrogens with one attached hydrogen (secondary N) is 2. The Morgan fingerprint density at radius 2 is 1.90 bits per heavy atom. The van der Waals surface area contributed by atoms with Crippen molar-refractivity contribution in [3.63, 3.8) is 0 Å². The van der Waals surface area contributed by atoms with E-state index in [2.05, 4.69) is 24.5 Å². The first-order chi connectivity index (χ1) is 14.2. The molecule has 0 saturated carbocycles. The molecule has 3 fully saturated rings. The summed E-state index contributed by atoms with van der Waals surface area (Å²) >= 11 is 1.71. The Morgan fingerprint density at radius 1 is 1.20 bits per heavy atom. The predicted molar refractivity (Wildman–Crippen MR) is 116 cm³/mol. The van der Waals surface area contributed by atoms with Gasteiger partial charge < -0.3 is 20.4 Å². The molecule has 4 unspecified atom stereocenters. The van der Waals surface area contributed by atoms with Crippen molar-refractivity contribution < 1.29 is 14.4 Å². The first kappa shape index (κ1) is 21.0. The topological polar surface area (TPSA) is 85.0 Å². The van der Waals surface area contributed by atoms with Crippen LogP contribution in [0.2, 0.25) is 0 Å². The molecule has 3 aliphatic heterocycles. The number of hydrogen-bond acceptors (Lipinski definition) is 5. The van der Waals surface area contributed by atoms with Crippen LogP contribution in [-0.2, 0) is 9.59 Å². The van der Waals surface area contributed by atoms with Gasteiger partial charge in [-0.25, -0.2) is 4.79 Å². The second kappa shape index (κ2) is 7.77. The third-order valence-electron chi connectivity index (χ3n) is 6.34. The molecule has 4 atom stereocenters. The monoisotopic (exact) mass is 431 g/mol. The van der Waals surface area contributed by atoms with Gasteiger partial charge in [-0.3, -0.25) is 14.5 Å². The molecule has 0 aliphatic carbocycles. The number of amides is 4. The van der Waals surface area contributed by atoms with Crippen molar-refractivity contribution in [2.75, 3.05) is 26.8 Å². The summed E-state index contributed by atoms with van der Waals surface area (Å²) in [5.74, 6) is -0.420. The first-order valence-corrected chi connectivity index (χ1v) is 11.2. The Balaban J connectivity index is 1.48. The van der Waals surface area contributed by atoms with Crippen LogP contribution in [0, 0.1) is 0 Å². The van der Waals surface area contributed by atoms with Crippen LogP contribution in [0.15, 0.2) is 30.3 Å². The molecule has 3 heterocycles. The molecule has 1 aromatic rings. The van der Waals surface area contributed by atoms with Gasteiger partial charge in [-0.1, -0.05) is 30.3 Å². The van der Waals surface area contributed by atoms with E-state index in [0.717, 1.165) is 6.54 Å². The number of urea groups is 1. The maximum Gasteiger partial charge on any atom is 0.319 e. The van der Waals surface area contributed by atoms with Crippen molar-refractivity contribution in [3.8, 4) is 0 Å². The van der Waals surface area contributed by atoms with Crippen LogP contribution in [0.3, 0.4) is 0 Å². The molecular formula is C21H29N5O3S. The molecule has 30 heavy (non-hydrogen) atoms. The summed E-state index contributed by atoms with van der Waals surface area (Å²) < 4.78 is -0.0609. The molecule has 162 valence electrons. The van der Waals surface area contributed by atoms with Gasteiger partial charge in [0.05, 0.1) is 6.67 Å². The lowest BCUT2D eigenvalue weighted by atomic mass is 9.97. The maximum absolute atomic E-state index is 13.2. The summed E-state index contributed by atoms with van der Waals surface area (Å²) in [5, 5.41) is 5.71. The van der Waals surface area contributed by atoms with Gasteiger partial charge >= 0.3 is 6.03 Å². The highest BCUT2D eigenvalue weighted by atomic mass is 32.2. The van der Waals surface area contributed by atoms with E-state index in [1.165, 1.54) is 0 Å². The number of carbonyl (C=O) groups is 3. The second-order valence-corrected chi connectivity index (χ2v) is 10.6. The Labute approximate surface area is 181 Å². The van der Waals surface area contributed by atoms with Crippen LogP contribution < -0.4 is 10.6 Å². The first-order valence-electron chi connectivity index (χ1n) is 10.3. The quantitative estimate of drug-likeness (QED) is 0.700. The molecule has 0 spiro atoms. The number of nitrogens with zero attached hydrogens (tertiary/aromatic N) is 3. The third kappa shape index (κ3) is 3.65. The minimum Gasteiger partial charge on any atom is -0.340 e. The summed E-state index contributed by atoms with van der Waals surface area (Å²) in [4.78, 5) is 44.2. The van der Waals surface area contributed by atoms with Gasteiger partial charge in [-0.05, 0) is 33.4 Å². The number of fused-ring (bicyclic) bond motifs is 1. The highest BCUT2D eigenvalue weighted by molar-refractivity contribution is 8.01.